The van der Waals surface area contributed by atoms with Gasteiger partial charge in [0.2, 0.25) is 0 Å². The summed E-state index contributed by atoms with van der Waals surface area (Å²) in [5.41, 5.74) is 2.84. The summed E-state index contributed by atoms with van der Waals surface area (Å²) in [5, 5.41) is 0. The van der Waals surface area contributed by atoms with Crippen molar-refractivity contribution in [2.24, 2.45) is 0 Å². The van der Waals surface area contributed by atoms with Gasteiger partial charge in [0.15, 0.2) is 0 Å². The van der Waals surface area contributed by atoms with Crippen molar-refractivity contribution in [2.75, 3.05) is 5.75 Å². The van der Waals surface area contributed by atoms with Gasteiger partial charge in [0.05, 0.1) is 0 Å². The zero-order valence-electron chi connectivity index (χ0n) is 11.3. The molecule has 0 unspecified atom stereocenters. The van der Waals surface area contributed by atoms with Crippen molar-refractivity contribution in [3.8, 4) is 0 Å². The molecule has 0 amide bonds. The summed E-state index contributed by atoms with van der Waals surface area (Å²) >= 11 is 2.61. The zero-order chi connectivity index (χ0) is 13.2. The van der Waals surface area contributed by atoms with Gasteiger partial charge in [-0.1, -0.05) is 0 Å². The third-order valence-corrected chi connectivity index (χ3v) is 6.54. The Bertz CT molecular complexity index is 381. The summed E-state index contributed by atoms with van der Waals surface area (Å²) in [6.07, 6.45) is 5.59. The van der Waals surface area contributed by atoms with Crippen molar-refractivity contribution in [3.05, 3.63) is 52.4 Å². The molecule has 98 valence electrons. The Morgan fingerprint density at radius 3 is 2.61 bits per heavy atom. The van der Waals surface area contributed by atoms with E-state index in [2.05, 4.69) is 49.7 Å². The summed E-state index contributed by atoms with van der Waals surface area (Å²) in [6, 6.07) is 10.7. The van der Waals surface area contributed by atoms with Crippen LogP contribution in [0.1, 0.15) is 31.7 Å². The standard InChI is InChI=1S/C16H22SSe/c1-4-6-13-17-16(18-3)15(10-5-2)14-11-8-7-9-12-14/h5,7-9,11-12H,2,4,6,10,13H2,1,3H3/b16-15+. The molecular weight excluding hydrogens is 303 g/mol. The van der Waals surface area contributed by atoms with E-state index < -0.39 is 0 Å². The van der Waals surface area contributed by atoms with Crippen molar-refractivity contribution in [3.63, 3.8) is 0 Å². The van der Waals surface area contributed by atoms with Crippen LogP contribution in [0.4, 0.5) is 0 Å². The van der Waals surface area contributed by atoms with Crippen LogP contribution in [-0.4, -0.2) is 20.7 Å². The molecule has 0 radical (unpaired) electrons. The quantitative estimate of drug-likeness (QED) is 0.359. The van der Waals surface area contributed by atoms with Crippen LogP contribution in [-0.2, 0) is 0 Å². The van der Waals surface area contributed by atoms with E-state index >= 15 is 0 Å². The van der Waals surface area contributed by atoms with Gasteiger partial charge >= 0.3 is 122 Å². The van der Waals surface area contributed by atoms with Crippen LogP contribution < -0.4 is 0 Å². The first-order valence-electron chi connectivity index (χ1n) is 6.39. The fraction of sp³-hybridized carbons (Fsp3) is 0.375. The first-order chi connectivity index (χ1) is 8.83. The average molecular weight is 325 g/mol. The predicted molar refractivity (Wildman–Crippen MR) is 87.2 cm³/mol. The number of unbranched alkanes of at least 4 members (excludes halogenated alkanes) is 1. The Morgan fingerprint density at radius 1 is 1.33 bits per heavy atom. The molecule has 1 aromatic rings. The van der Waals surface area contributed by atoms with E-state index in [1.54, 1.807) is 3.80 Å². The van der Waals surface area contributed by atoms with Gasteiger partial charge in [0.25, 0.3) is 0 Å². The Morgan fingerprint density at radius 2 is 2.06 bits per heavy atom. The maximum absolute atomic E-state index is 3.90. The molecule has 0 saturated heterocycles. The van der Waals surface area contributed by atoms with Crippen LogP contribution >= 0.6 is 11.8 Å². The minimum absolute atomic E-state index is 0.562. The van der Waals surface area contributed by atoms with Gasteiger partial charge in [0.1, 0.15) is 0 Å². The summed E-state index contributed by atoms with van der Waals surface area (Å²) in [7, 11) is 0. The number of rotatable bonds is 8. The molecular formula is C16H22SSe. The molecule has 0 aliphatic rings. The van der Waals surface area contributed by atoms with Crippen molar-refractivity contribution in [1.29, 1.82) is 0 Å². The van der Waals surface area contributed by atoms with Gasteiger partial charge < -0.3 is 0 Å². The fourth-order valence-corrected chi connectivity index (χ4v) is 5.00. The third-order valence-electron chi connectivity index (χ3n) is 2.63. The summed E-state index contributed by atoms with van der Waals surface area (Å²) in [6.45, 7) is 6.16. The van der Waals surface area contributed by atoms with E-state index in [4.69, 9.17) is 0 Å². The Balaban J connectivity index is 2.94. The molecule has 0 saturated carbocycles. The van der Waals surface area contributed by atoms with Crippen LogP contribution in [0, 0.1) is 0 Å². The zero-order valence-corrected chi connectivity index (χ0v) is 13.8. The molecule has 0 N–H and O–H groups in total. The van der Waals surface area contributed by atoms with Gasteiger partial charge in [-0.2, -0.15) is 0 Å². The van der Waals surface area contributed by atoms with Gasteiger partial charge in [-0.15, -0.1) is 0 Å². The molecule has 0 aliphatic carbocycles. The van der Waals surface area contributed by atoms with Gasteiger partial charge in [-0.3, -0.25) is 0 Å². The second kappa shape index (κ2) is 9.49. The second-order valence-electron chi connectivity index (χ2n) is 4.03. The Labute approximate surface area is 122 Å². The molecule has 0 spiro atoms. The van der Waals surface area contributed by atoms with Crippen LogP contribution in [0.25, 0.3) is 5.57 Å². The molecule has 0 bridgehead atoms. The summed E-state index contributed by atoms with van der Waals surface area (Å²) in [5.74, 6) is 3.56. The van der Waals surface area contributed by atoms with E-state index in [1.807, 2.05) is 17.8 Å². The molecule has 0 heterocycles. The number of hydrogen-bond acceptors (Lipinski definition) is 1. The normalized spacial score (nSPS) is 12.1. The summed E-state index contributed by atoms with van der Waals surface area (Å²) in [4.78, 5) is 0. The Kier molecular flexibility index (Phi) is 8.24. The number of benzene rings is 1. The predicted octanol–water partition coefficient (Wildman–Crippen LogP) is 5.22. The van der Waals surface area contributed by atoms with Crippen LogP contribution in [0.2, 0.25) is 5.82 Å². The fourth-order valence-electron chi connectivity index (χ4n) is 1.68. The molecule has 2 heteroatoms. The molecule has 18 heavy (non-hydrogen) atoms. The van der Waals surface area contributed by atoms with Crippen molar-refractivity contribution < 1.29 is 0 Å². The van der Waals surface area contributed by atoms with Crippen molar-refractivity contribution >= 4 is 32.3 Å². The van der Waals surface area contributed by atoms with E-state index in [-0.39, 0.29) is 0 Å². The first-order valence-corrected chi connectivity index (χ1v) is 9.95. The minimum atomic E-state index is 0.562. The van der Waals surface area contributed by atoms with E-state index in [0.29, 0.717) is 15.0 Å². The molecule has 0 atom stereocenters. The first kappa shape index (κ1) is 15.6. The van der Waals surface area contributed by atoms with Gasteiger partial charge in [-0.25, -0.2) is 0 Å². The summed E-state index contributed by atoms with van der Waals surface area (Å²) < 4.78 is 1.59. The van der Waals surface area contributed by atoms with E-state index in [1.165, 1.54) is 29.7 Å². The van der Waals surface area contributed by atoms with E-state index in [0.717, 1.165) is 6.42 Å². The van der Waals surface area contributed by atoms with Crippen LogP contribution in [0.5, 0.6) is 0 Å². The maximum atomic E-state index is 3.90. The molecule has 0 nitrogen and oxygen atoms in total. The van der Waals surface area contributed by atoms with Crippen molar-refractivity contribution in [1.82, 2.24) is 0 Å². The third kappa shape index (κ3) is 5.05. The van der Waals surface area contributed by atoms with Gasteiger partial charge in [-0.05, 0) is 0 Å². The van der Waals surface area contributed by atoms with Crippen LogP contribution in [0.3, 0.4) is 0 Å². The number of allylic oxidation sites excluding steroid dienone is 2. The van der Waals surface area contributed by atoms with E-state index in [9.17, 15) is 0 Å². The molecule has 0 aromatic heterocycles. The molecule has 1 rings (SSSR count). The number of thioether (sulfide) groups is 1. The molecule has 1 aromatic carbocycles. The number of hydrogen-bond donors (Lipinski definition) is 0. The average Bonchev–Trinajstić information content (AvgIpc) is 2.43. The Hall–Kier alpha value is -0.431. The SMILES string of the molecule is C=CC/C(=C(/SCCCC)[Se]C)c1ccccc1. The molecule has 0 fully saturated rings. The van der Waals surface area contributed by atoms with Gasteiger partial charge in [0, 0.05) is 0 Å². The van der Waals surface area contributed by atoms with Crippen LogP contribution in [0.15, 0.2) is 46.8 Å². The monoisotopic (exact) mass is 326 g/mol. The van der Waals surface area contributed by atoms with Crippen molar-refractivity contribution in [2.45, 2.75) is 32.0 Å². The topological polar surface area (TPSA) is 0 Å². The second-order valence-corrected chi connectivity index (χ2v) is 7.43. The molecule has 0 aliphatic heterocycles.